The molecule has 0 radical (unpaired) electrons. The number of amides is 1. The van der Waals surface area contributed by atoms with E-state index in [0.29, 0.717) is 11.6 Å². The number of aryl methyl sites for hydroxylation is 2. The molecule has 0 fully saturated rings. The third-order valence-electron chi connectivity index (χ3n) is 3.02. The van der Waals surface area contributed by atoms with Gasteiger partial charge in [-0.1, -0.05) is 24.2 Å². The number of benzene rings is 1. The van der Waals surface area contributed by atoms with Crippen LogP contribution >= 0.6 is 0 Å². The van der Waals surface area contributed by atoms with Gasteiger partial charge in [-0.25, -0.2) is 0 Å². The van der Waals surface area contributed by atoms with Crippen LogP contribution in [-0.2, 0) is 11.2 Å². The van der Waals surface area contributed by atoms with Crippen molar-refractivity contribution in [2.45, 2.75) is 33.2 Å². The van der Waals surface area contributed by atoms with Crippen LogP contribution in [0.25, 0.3) is 0 Å². The molecule has 106 valence electrons. The molecule has 1 heterocycles. The van der Waals surface area contributed by atoms with Crippen molar-refractivity contribution in [3.63, 3.8) is 0 Å². The van der Waals surface area contributed by atoms with Gasteiger partial charge in [0.05, 0.1) is 0 Å². The van der Waals surface area contributed by atoms with Crippen LogP contribution in [0.4, 0.5) is 11.5 Å². The molecule has 1 atom stereocenters. The Bertz CT molecular complexity index is 575. The van der Waals surface area contributed by atoms with Crippen molar-refractivity contribution in [2.24, 2.45) is 0 Å². The molecule has 0 aliphatic carbocycles. The Labute approximate surface area is 118 Å². The number of nitrogens with one attached hydrogen (secondary N) is 2. The van der Waals surface area contributed by atoms with Crippen LogP contribution < -0.4 is 10.6 Å². The highest BCUT2D eigenvalue weighted by molar-refractivity contribution is 5.95. The summed E-state index contributed by atoms with van der Waals surface area (Å²) in [6.45, 7) is 5.69. The van der Waals surface area contributed by atoms with E-state index in [9.17, 15) is 4.79 Å². The molecule has 2 aromatic rings. The summed E-state index contributed by atoms with van der Waals surface area (Å²) in [6.07, 6.45) is 1.00. The van der Waals surface area contributed by atoms with Gasteiger partial charge in [0.1, 0.15) is 11.8 Å². The normalized spacial score (nSPS) is 11.9. The Hall–Kier alpha value is -2.30. The second-order valence-corrected chi connectivity index (χ2v) is 4.73. The number of carbonyl (C=O) groups is 1. The van der Waals surface area contributed by atoms with Crippen LogP contribution in [-0.4, -0.2) is 17.1 Å². The summed E-state index contributed by atoms with van der Waals surface area (Å²) in [4.78, 5) is 12.0. The minimum absolute atomic E-state index is 0.155. The summed E-state index contributed by atoms with van der Waals surface area (Å²) in [5, 5.41) is 9.58. The summed E-state index contributed by atoms with van der Waals surface area (Å²) in [5.41, 5.74) is 2.19. The molecule has 0 spiro atoms. The summed E-state index contributed by atoms with van der Waals surface area (Å²) in [5.74, 6) is 0.941. The maximum Gasteiger partial charge on any atom is 0.247 e. The number of nitrogens with zero attached hydrogens (tertiary/aromatic N) is 1. The van der Waals surface area contributed by atoms with Gasteiger partial charge < -0.3 is 15.2 Å². The van der Waals surface area contributed by atoms with E-state index in [1.54, 1.807) is 19.9 Å². The first-order valence-corrected chi connectivity index (χ1v) is 6.68. The maximum atomic E-state index is 12.0. The van der Waals surface area contributed by atoms with Gasteiger partial charge in [-0.05, 0) is 38.0 Å². The van der Waals surface area contributed by atoms with E-state index in [1.165, 1.54) is 5.56 Å². The van der Waals surface area contributed by atoms with Gasteiger partial charge in [0, 0.05) is 11.8 Å². The molecule has 1 amide bonds. The molecule has 1 unspecified atom stereocenters. The molecule has 0 aliphatic rings. The minimum Gasteiger partial charge on any atom is -0.374 e. The van der Waals surface area contributed by atoms with E-state index in [1.807, 2.05) is 24.3 Å². The first-order valence-electron chi connectivity index (χ1n) is 6.68. The lowest BCUT2D eigenvalue weighted by molar-refractivity contribution is -0.116. The molecule has 0 saturated heterocycles. The van der Waals surface area contributed by atoms with Gasteiger partial charge >= 0.3 is 0 Å². The monoisotopic (exact) mass is 273 g/mol. The molecule has 2 N–H and O–H groups in total. The lowest BCUT2D eigenvalue weighted by Crippen LogP contribution is -2.31. The molecular weight excluding hydrogens is 254 g/mol. The molecule has 5 heteroatoms. The third-order valence-corrected chi connectivity index (χ3v) is 3.02. The average molecular weight is 273 g/mol. The number of aromatic nitrogens is 1. The van der Waals surface area contributed by atoms with E-state index >= 15 is 0 Å². The van der Waals surface area contributed by atoms with Gasteiger partial charge in [-0.2, -0.15) is 0 Å². The highest BCUT2D eigenvalue weighted by Gasteiger charge is 2.14. The molecule has 0 saturated carbocycles. The lowest BCUT2D eigenvalue weighted by Gasteiger charge is -2.14. The average Bonchev–Trinajstić information content (AvgIpc) is 2.85. The Balaban J connectivity index is 1.92. The zero-order valence-electron chi connectivity index (χ0n) is 11.9. The fraction of sp³-hybridized carbons (Fsp3) is 0.333. The van der Waals surface area contributed by atoms with Gasteiger partial charge in [-0.15, -0.1) is 0 Å². The SMILES string of the molecule is CCc1ccc(NC(C)C(=O)Nc2cc(C)on2)cc1. The standard InChI is InChI=1S/C15H19N3O2/c1-4-12-5-7-13(8-6-12)16-11(3)15(19)17-14-9-10(2)20-18-14/h5-9,11,16H,4H2,1-3H3,(H,17,18,19). The maximum absolute atomic E-state index is 12.0. The zero-order chi connectivity index (χ0) is 14.5. The van der Waals surface area contributed by atoms with Crippen LogP contribution in [0, 0.1) is 6.92 Å². The molecular formula is C15H19N3O2. The molecule has 0 bridgehead atoms. The molecule has 20 heavy (non-hydrogen) atoms. The summed E-state index contributed by atoms with van der Waals surface area (Å²) in [7, 11) is 0. The van der Waals surface area contributed by atoms with E-state index in [4.69, 9.17) is 4.52 Å². The van der Waals surface area contributed by atoms with Gasteiger partial charge in [0.25, 0.3) is 0 Å². The van der Waals surface area contributed by atoms with E-state index in [2.05, 4.69) is 22.7 Å². The second kappa shape index (κ2) is 6.23. The number of carbonyl (C=O) groups excluding carboxylic acids is 1. The van der Waals surface area contributed by atoms with Crippen molar-refractivity contribution in [1.82, 2.24) is 5.16 Å². The number of hydrogen-bond acceptors (Lipinski definition) is 4. The zero-order valence-corrected chi connectivity index (χ0v) is 11.9. The van der Waals surface area contributed by atoms with Gasteiger partial charge in [0.2, 0.25) is 5.91 Å². The highest BCUT2D eigenvalue weighted by atomic mass is 16.5. The molecule has 1 aromatic carbocycles. The van der Waals surface area contributed by atoms with Gasteiger partial charge in [0.15, 0.2) is 5.82 Å². The highest BCUT2D eigenvalue weighted by Crippen LogP contribution is 2.12. The fourth-order valence-corrected chi connectivity index (χ4v) is 1.81. The number of anilines is 2. The lowest BCUT2D eigenvalue weighted by atomic mass is 10.1. The Kier molecular flexibility index (Phi) is 4.40. The van der Waals surface area contributed by atoms with Crippen LogP contribution in [0.3, 0.4) is 0 Å². The predicted octanol–water partition coefficient (Wildman–Crippen LogP) is 2.98. The Morgan fingerprint density at radius 2 is 2.05 bits per heavy atom. The molecule has 1 aromatic heterocycles. The van der Waals surface area contributed by atoms with Gasteiger partial charge in [-0.3, -0.25) is 4.79 Å². The van der Waals surface area contributed by atoms with Crippen molar-refractivity contribution >= 4 is 17.4 Å². The van der Waals surface area contributed by atoms with Crippen molar-refractivity contribution in [3.05, 3.63) is 41.7 Å². The van der Waals surface area contributed by atoms with E-state index in [-0.39, 0.29) is 11.9 Å². The Morgan fingerprint density at radius 3 is 2.60 bits per heavy atom. The number of rotatable bonds is 5. The third kappa shape index (κ3) is 3.60. The summed E-state index contributed by atoms with van der Waals surface area (Å²) < 4.78 is 4.90. The number of hydrogen-bond donors (Lipinski definition) is 2. The van der Waals surface area contributed by atoms with Crippen molar-refractivity contribution in [2.75, 3.05) is 10.6 Å². The topological polar surface area (TPSA) is 67.2 Å². The molecule has 2 rings (SSSR count). The largest absolute Gasteiger partial charge is 0.374 e. The van der Waals surface area contributed by atoms with Crippen molar-refractivity contribution in [3.8, 4) is 0 Å². The quantitative estimate of drug-likeness (QED) is 0.878. The first-order chi connectivity index (χ1) is 9.58. The van der Waals surface area contributed by atoms with E-state index in [0.717, 1.165) is 12.1 Å². The summed E-state index contributed by atoms with van der Waals surface area (Å²) >= 11 is 0. The van der Waals surface area contributed by atoms with Crippen LogP contribution in [0.2, 0.25) is 0 Å². The van der Waals surface area contributed by atoms with Crippen LogP contribution in [0.1, 0.15) is 25.2 Å². The van der Waals surface area contributed by atoms with E-state index < -0.39 is 0 Å². The van der Waals surface area contributed by atoms with Crippen LogP contribution in [0.5, 0.6) is 0 Å². The van der Waals surface area contributed by atoms with Crippen LogP contribution in [0.15, 0.2) is 34.9 Å². The second-order valence-electron chi connectivity index (χ2n) is 4.73. The first kappa shape index (κ1) is 14.1. The predicted molar refractivity (Wildman–Crippen MR) is 78.8 cm³/mol. The smallest absolute Gasteiger partial charge is 0.247 e. The summed E-state index contributed by atoms with van der Waals surface area (Å²) in [6, 6.07) is 9.37. The van der Waals surface area contributed by atoms with Crippen molar-refractivity contribution in [1.29, 1.82) is 0 Å². The van der Waals surface area contributed by atoms with Crippen molar-refractivity contribution < 1.29 is 9.32 Å². The Morgan fingerprint density at radius 1 is 1.35 bits per heavy atom. The minimum atomic E-state index is -0.362. The fourth-order valence-electron chi connectivity index (χ4n) is 1.81. The molecule has 0 aliphatic heterocycles. The molecule has 5 nitrogen and oxygen atoms in total.